The van der Waals surface area contributed by atoms with Crippen molar-refractivity contribution in [3.05, 3.63) is 12.7 Å². The highest BCUT2D eigenvalue weighted by Gasteiger charge is 2.24. The molecule has 0 radical (unpaired) electrons. The van der Waals surface area contributed by atoms with Crippen molar-refractivity contribution >= 4 is 24.1 Å². The summed E-state index contributed by atoms with van der Waals surface area (Å²) in [5.74, 6) is -0.876. The van der Waals surface area contributed by atoms with Crippen LogP contribution < -0.4 is 5.09 Å². The third-order valence-corrected chi connectivity index (χ3v) is 6.13. The van der Waals surface area contributed by atoms with Crippen LogP contribution in [-0.4, -0.2) is 29.3 Å². The second kappa shape index (κ2) is 8.75. The molecule has 3 unspecified atom stereocenters. The third-order valence-electron chi connectivity index (χ3n) is 2.24. The summed E-state index contributed by atoms with van der Waals surface area (Å²) in [5, 5.41) is 2.62. The van der Waals surface area contributed by atoms with Crippen LogP contribution in [-0.2, 0) is 14.1 Å². The van der Waals surface area contributed by atoms with E-state index in [0.29, 0.717) is 0 Å². The van der Waals surface area contributed by atoms with E-state index in [4.69, 9.17) is 4.74 Å². The number of ether oxygens (including phenoxy) is 1. The van der Waals surface area contributed by atoms with Gasteiger partial charge in [-0.2, -0.15) is 0 Å². The van der Waals surface area contributed by atoms with Gasteiger partial charge in [-0.05, 0) is 6.42 Å². The van der Waals surface area contributed by atoms with Gasteiger partial charge in [-0.15, -0.1) is 0 Å². The van der Waals surface area contributed by atoms with Gasteiger partial charge in [0.1, 0.15) is 6.61 Å². The molecule has 0 aromatic heterocycles. The number of carbonyl (C=O) groups is 1. The second-order valence-corrected chi connectivity index (χ2v) is 8.52. The lowest BCUT2D eigenvalue weighted by Gasteiger charge is -2.18. The summed E-state index contributed by atoms with van der Waals surface area (Å²) < 4.78 is 16.6. The third kappa shape index (κ3) is 7.93. The van der Waals surface area contributed by atoms with Crippen molar-refractivity contribution in [2.75, 3.05) is 13.2 Å². The lowest BCUT2D eigenvalue weighted by atomic mass is 10.2. The highest BCUT2D eigenvalue weighted by molar-refractivity contribution is 8.56. The minimum absolute atomic E-state index is 0.0938. The van der Waals surface area contributed by atoms with E-state index in [0.717, 1.165) is 17.8 Å². The first kappa shape index (κ1) is 17.7. The Morgan fingerprint density at radius 2 is 2.22 bits per heavy atom. The summed E-state index contributed by atoms with van der Waals surface area (Å²) in [6, 6.07) is 0. The van der Waals surface area contributed by atoms with Crippen LogP contribution in [0.25, 0.3) is 0 Å². The maximum absolute atomic E-state index is 11.8. The van der Waals surface area contributed by atoms with E-state index in [-0.39, 0.29) is 18.4 Å². The van der Waals surface area contributed by atoms with Crippen LogP contribution in [0.15, 0.2) is 12.7 Å². The number of hydrogen-bond donors (Lipinski definition) is 2. The smallest absolute Gasteiger partial charge is 0.324 e. The van der Waals surface area contributed by atoms with Crippen LogP contribution in [0.4, 0.5) is 0 Å². The van der Waals surface area contributed by atoms with E-state index in [2.05, 4.69) is 11.7 Å². The van der Waals surface area contributed by atoms with Crippen LogP contribution in [0, 0.1) is 5.92 Å². The topological polar surface area (TPSA) is 75.6 Å². The van der Waals surface area contributed by atoms with Gasteiger partial charge in [0.15, 0.2) is 0 Å². The molecule has 0 heterocycles. The first-order chi connectivity index (χ1) is 8.32. The monoisotopic (exact) mass is 295 g/mol. The van der Waals surface area contributed by atoms with Crippen LogP contribution >= 0.6 is 18.1 Å². The number of carbonyl (C=O) groups excluding carboxylic acids is 1. The lowest BCUT2D eigenvalue weighted by Crippen LogP contribution is -2.26. The molecule has 0 saturated carbocycles. The molecule has 0 aliphatic rings. The van der Waals surface area contributed by atoms with Gasteiger partial charge in [0.2, 0.25) is 0 Å². The molecule has 0 saturated heterocycles. The SMILES string of the molecule is C=CCOC(=O)C(C)CNP(=O)(O)SC(C)CC. The molecule has 106 valence electrons. The van der Waals surface area contributed by atoms with Gasteiger partial charge in [-0.3, -0.25) is 9.36 Å². The van der Waals surface area contributed by atoms with Gasteiger partial charge in [-0.1, -0.05) is 44.8 Å². The van der Waals surface area contributed by atoms with Gasteiger partial charge in [0, 0.05) is 11.8 Å². The van der Waals surface area contributed by atoms with Crippen molar-refractivity contribution in [3.63, 3.8) is 0 Å². The van der Waals surface area contributed by atoms with Gasteiger partial charge in [0.25, 0.3) is 0 Å². The van der Waals surface area contributed by atoms with E-state index in [1.807, 2.05) is 13.8 Å². The number of esters is 1. The molecule has 18 heavy (non-hydrogen) atoms. The summed E-state index contributed by atoms with van der Waals surface area (Å²) >= 11 is 1.01. The van der Waals surface area contributed by atoms with Crippen molar-refractivity contribution in [1.29, 1.82) is 0 Å². The van der Waals surface area contributed by atoms with Crippen LogP contribution in [0.5, 0.6) is 0 Å². The number of hydrogen-bond acceptors (Lipinski definition) is 4. The zero-order chi connectivity index (χ0) is 14.2. The fraction of sp³-hybridized carbons (Fsp3) is 0.727. The van der Waals surface area contributed by atoms with Crippen LogP contribution in [0.3, 0.4) is 0 Å². The highest BCUT2D eigenvalue weighted by Crippen LogP contribution is 2.53. The quantitative estimate of drug-likeness (QED) is 0.387. The molecule has 3 atom stereocenters. The molecule has 0 spiro atoms. The van der Waals surface area contributed by atoms with Crippen molar-refractivity contribution in [2.45, 2.75) is 32.4 Å². The molecule has 0 rings (SSSR count). The molecule has 0 aromatic carbocycles. The Bertz CT molecular complexity index is 324. The second-order valence-electron chi connectivity index (χ2n) is 4.03. The molecule has 0 bridgehead atoms. The Labute approximate surface area is 113 Å². The minimum Gasteiger partial charge on any atom is -0.461 e. The maximum Gasteiger partial charge on any atom is 0.324 e. The van der Waals surface area contributed by atoms with Gasteiger partial charge in [-0.25, -0.2) is 5.09 Å². The number of rotatable bonds is 9. The molecular weight excluding hydrogens is 273 g/mol. The Balaban J connectivity index is 4.10. The molecule has 0 aliphatic heterocycles. The Morgan fingerprint density at radius 1 is 1.61 bits per heavy atom. The van der Waals surface area contributed by atoms with E-state index >= 15 is 0 Å². The predicted octanol–water partition coefficient (Wildman–Crippen LogP) is 2.57. The summed E-state index contributed by atoms with van der Waals surface area (Å²) in [7, 11) is 0. The zero-order valence-electron chi connectivity index (χ0n) is 11.1. The predicted molar refractivity (Wildman–Crippen MR) is 75.5 cm³/mol. The van der Waals surface area contributed by atoms with Crippen LogP contribution in [0.1, 0.15) is 27.2 Å². The molecule has 0 aromatic rings. The van der Waals surface area contributed by atoms with Gasteiger partial charge >= 0.3 is 12.7 Å². The largest absolute Gasteiger partial charge is 0.461 e. The first-order valence-corrected chi connectivity index (χ1v) is 9.00. The van der Waals surface area contributed by atoms with Gasteiger partial charge in [0.05, 0.1) is 5.92 Å². The number of nitrogens with one attached hydrogen (secondary N) is 1. The van der Waals surface area contributed by atoms with Gasteiger partial charge < -0.3 is 9.63 Å². The summed E-state index contributed by atoms with van der Waals surface area (Å²) in [6.07, 6.45) is 2.29. The fourth-order valence-electron chi connectivity index (χ4n) is 0.975. The van der Waals surface area contributed by atoms with E-state index in [1.165, 1.54) is 6.08 Å². The van der Waals surface area contributed by atoms with Crippen molar-refractivity contribution < 1.29 is 19.0 Å². The molecule has 2 N–H and O–H groups in total. The molecular formula is C11H22NO4PS. The Morgan fingerprint density at radius 3 is 2.72 bits per heavy atom. The average Bonchev–Trinajstić information content (AvgIpc) is 2.32. The first-order valence-electron chi connectivity index (χ1n) is 5.86. The van der Waals surface area contributed by atoms with Crippen molar-refractivity contribution in [2.24, 2.45) is 5.92 Å². The van der Waals surface area contributed by atoms with Crippen molar-refractivity contribution in [3.8, 4) is 0 Å². The van der Waals surface area contributed by atoms with Crippen molar-refractivity contribution in [1.82, 2.24) is 5.09 Å². The fourth-order valence-corrected chi connectivity index (χ4v) is 4.55. The van der Waals surface area contributed by atoms with E-state index < -0.39 is 18.6 Å². The molecule has 0 fully saturated rings. The Hall–Kier alpha value is -0.290. The standard InChI is InChI=1S/C11H22NO4PS/c1-5-7-16-11(13)9(3)8-12-17(14,15)18-10(4)6-2/h5,9-10H,1,6-8H2,2-4H3,(H2,12,14,15). The summed E-state index contributed by atoms with van der Waals surface area (Å²) in [4.78, 5) is 21.1. The molecule has 0 aliphatic carbocycles. The van der Waals surface area contributed by atoms with Crippen LogP contribution in [0.2, 0.25) is 0 Å². The molecule has 0 amide bonds. The Kier molecular flexibility index (Phi) is 8.61. The summed E-state index contributed by atoms with van der Waals surface area (Å²) in [5.41, 5.74) is 0. The normalized spacial score (nSPS) is 17.6. The minimum atomic E-state index is -3.45. The summed E-state index contributed by atoms with van der Waals surface area (Å²) in [6.45, 7) is 5.75. The maximum atomic E-state index is 11.8. The molecule has 5 nitrogen and oxygen atoms in total. The van der Waals surface area contributed by atoms with E-state index in [1.54, 1.807) is 6.92 Å². The molecule has 7 heteroatoms. The zero-order valence-corrected chi connectivity index (χ0v) is 12.8. The van der Waals surface area contributed by atoms with E-state index in [9.17, 15) is 14.3 Å². The lowest BCUT2D eigenvalue weighted by molar-refractivity contribution is -0.146. The average molecular weight is 295 g/mol. The highest BCUT2D eigenvalue weighted by atomic mass is 32.7.